The Morgan fingerprint density at radius 2 is 2.04 bits per heavy atom. The van der Waals surface area contributed by atoms with Crippen molar-refractivity contribution < 1.29 is 13.2 Å². The number of piperazine rings is 1. The SMILES string of the molecule is FC(F)(F)c1cnc(Nc2ccc3c(c2)CCN2CCNC[C@H]32)cn1. The number of hydrogen-bond acceptors (Lipinski definition) is 5. The van der Waals surface area contributed by atoms with Gasteiger partial charge in [0.05, 0.1) is 12.4 Å². The van der Waals surface area contributed by atoms with Crippen molar-refractivity contribution in [2.45, 2.75) is 18.6 Å². The molecule has 2 aromatic rings. The quantitative estimate of drug-likeness (QED) is 0.873. The van der Waals surface area contributed by atoms with Gasteiger partial charge < -0.3 is 10.6 Å². The van der Waals surface area contributed by atoms with E-state index in [4.69, 9.17) is 0 Å². The van der Waals surface area contributed by atoms with E-state index in [0.29, 0.717) is 11.9 Å². The number of fused-ring (bicyclic) bond motifs is 3. The predicted octanol–water partition coefficient (Wildman–Crippen LogP) is 2.74. The highest BCUT2D eigenvalue weighted by molar-refractivity contribution is 5.58. The summed E-state index contributed by atoms with van der Waals surface area (Å²) in [5.74, 6) is 0.296. The summed E-state index contributed by atoms with van der Waals surface area (Å²) in [6, 6.07) is 6.49. The number of aromatic nitrogens is 2. The van der Waals surface area contributed by atoms with Gasteiger partial charge in [-0.15, -0.1) is 0 Å². The van der Waals surface area contributed by atoms with Crippen LogP contribution in [0.4, 0.5) is 24.7 Å². The van der Waals surface area contributed by atoms with E-state index in [2.05, 4.69) is 37.6 Å². The summed E-state index contributed by atoms with van der Waals surface area (Å²) in [6.45, 7) is 4.07. The molecule has 0 saturated carbocycles. The van der Waals surface area contributed by atoms with Crippen LogP contribution in [0.25, 0.3) is 0 Å². The molecule has 0 aliphatic carbocycles. The number of anilines is 2. The van der Waals surface area contributed by atoms with Crippen LogP contribution in [0, 0.1) is 0 Å². The van der Waals surface area contributed by atoms with Crippen molar-refractivity contribution in [1.82, 2.24) is 20.2 Å². The smallest absolute Gasteiger partial charge is 0.339 e. The number of benzene rings is 1. The number of nitrogens with one attached hydrogen (secondary N) is 2. The number of halogens is 3. The van der Waals surface area contributed by atoms with Gasteiger partial charge in [-0.25, -0.2) is 9.97 Å². The van der Waals surface area contributed by atoms with Crippen molar-refractivity contribution in [2.24, 2.45) is 0 Å². The fourth-order valence-electron chi connectivity index (χ4n) is 3.50. The topological polar surface area (TPSA) is 53.1 Å². The molecule has 1 aromatic heterocycles. The van der Waals surface area contributed by atoms with Crippen LogP contribution in [-0.4, -0.2) is 41.0 Å². The molecule has 2 aliphatic heterocycles. The van der Waals surface area contributed by atoms with Crippen molar-refractivity contribution in [3.05, 3.63) is 47.4 Å². The second kappa shape index (κ2) is 6.27. The lowest BCUT2D eigenvalue weighted by molar-refractivity contribution is -0.141. The average Bonchev–Trinajstić information content (AvgIpc) is 2.61. The van der Waals surface area contributed by atoms with Crippen molar-refractivity contribution in [1.29, 1.82) is 0 Å². The van der Waals surface area contributed by atoms with Gasteiger partial charge in [-0.05, 0) is 29.7 Å². The first kappa shape index (κ1) is 16.3. The first-order valence-corrected chi connectivity index (χ1v) is 8.24. The van der Waals surface area contributed by atoms with Gasteiger partial charge in [-0.2, -0.15) is 13.2 Å². The maximum absolute atomic E-state index is 12.5. The Labute approximate surface area is 143 Å². The zero-order valence-corrected chi connectivity index (χ0v) is 13.5. The molecule has 2 aliphatic rings. The van der Waals surface area contributed by atoms with E-state index in [1.54, 1.807) is 0 Å². The highest BCUT2D eigenvalue weighted by atomic mass is 19.4. The lowest BCUT2D eigenvalue weighted by Crippen LogP contribution is -2.48. The maximum Gasteiger partial charge on any atom is 0.434 e. The molecule has 1 saturated heterocycles. The summed E-state index contributed by atoms with van der Waals surface area (Å²) in [5.41, 5.74) is 2.41. The Bertz CT molecular complexity index is 760. The third-order valence-corrected chi connectivity index (χ3v) is 4.74. The molecule has 8 heteroatoms. The molecule has 4 rings (SSSR count). The second-order valence-electron chi connectivity index (χ2n) is 6.33. The molecule has 0 amide bonds. The number of hydrogen-bond donors (Lipinski definition) is 2. The lowest BCUT2D eigenvalue weighted by atomic mass is 9.91. The van der Waals surface area contributed by atoms with E-state index in [-0.39, 0.29) is 0 Å². The summed E-state index contributed by atoms with van der Waals surface area (Å²) in [7, 11) is 0. The summed E-state index contributed by atoms with van der Waals surface area (Å²) < 4.78 is 37.6. The molecular formula is C17H18F3N5. The highest BCUT2D eigenvalue weighted by Crippen LogP contribution is 2.33. The van der Waals surface area contributed by atoms with Gasteiger partial charge in [-0.1, -0.05) is 6.07 Å². The van der Waals surface area contributed by atoms with Crippen LogP contribution in [0.3, 0.4) is 0 Å². The fraction of sp³-hybridized carbons (Fsp3) is 0.412. The summed E-state index contributed by atoms with van der Waals surface area (Å²) >= 11 is 0. The van der Waals surface area contributed by atoms with Crippen LogP contribution >= 0.6 is 0 Å². The van der Waals surface area contributed by atoms with Crippen LogP contribution < -0.4 is 10.6 Å². The third kappa shape index (κ3) is 3.32. The molecule has 1 fully saturated rings. The second-order valence-corrected chi connectivity index (χ2v) is 6.33. The van der Waals surface area contributed by atoms with Crippen molar-refractivity contribution in [3.63, 3.8) is 0 Å². The molecule has 5 nitrogen and oxygen atoms in total. The van der Waals surface area contributed by atoms with Gasteiger partial charge in [0.2, 0.25) is 0 Å². The number of rotatable bonds is 2. The van der Waals surface area contributed by atoms with Crippen LogP contribution in [-0.2, 0) is 12.6 Å². The van der Waals surface area contributed by atoms with E-state index >= 15 is 0 Å². The lowest BCUT2D eigenvalue weighted by Gasteiger charge is -2.41. The molecule has 132 valence electrons. The molecule has 0 radical (unpaired) electrons. The van der Waals surface area contributed by atoms with E-state index < -0.39 is 11.9 Å². The standard InChI is InChI=1S/C17H18F3N5/c18-17(19,20)15-9-23-16(10-22-15)24-12-1-2-13-11(7-12)3-5-25-6-4-21-8-14(13)25/h1-2,7,9-10,14,21H,3-6,8H2,(H,23,24)/t14-/m1/s1. The van der Waals surface area contributed by atoms with Crippen LogP contribution in [0.5, 0.6) is 0 Å². The van der Waals surface area contributed by atoms with Crippen molar-refractivity contribution >= 4 is 11.5 Å². The number of nitrogens with zero attached hydrogens (tertiary/aromatic N) is 3. The first-order chi connectivity index (χ1) is 12.0. The van der Waals surface area contributed by atoms with E-state index in [1.165, 1.54) is 11.1 Å². The molecular weight excluding hydrogens is 331 g/mol. The molecule has 25 heavy (non-hydrogen) atoms. The van der Waals surface area contributed by atoms with Gasteiger partial charge in [0.1, 0.15) is 5.82 Å². The molecule has 0 unspecified atom stereocenters. The summed E-state index contributed by atoms with van der Waals surface area (Å²) in [5, 5.41) is 6.46. The van der Waals surface area contributed by atoms with Gasteiger partial charge >= 0.3 is 6.18 Å². The van der Waals surface area contributed by atoms with Crippen molar-refractivity contribution in [2.75, 3.05) is 31.5 Å². The first-order valence-electron chi connectivity index (χ1n) is 8.24. The molecule has 1 atom stereocenters. The van der Waals surface area contributed by atoms with E-state index in [1.807, 2.05) is 6.07 Å². The van der Waals surface area contributed by atoms with Gasteiger partial charge in [-0.3, -0.25) is 4.90 Å². The van der Waals surface area contributed by atoms with Gasteiger partial charge in [0, 0.05) is 37.9 Å². The molecule has 0 bridgehead atoms. The van der Waals surface area contributed by atoms with Crippen LogP contribution in [0.15, 0.2) is 30.6 Å². The average molecular weight is 349 g/mol. The number of alkyl halides is 3. The van der Waals surface area contributed by atoms with E-state index in [9.17, 15) is 13.2 Å². The predicted molar refractivity (Wildman–Crippen MR) is 87.6 cm³/mol. The van der Waals surface area contributed by atoms with Gasteiger partial charge in [0.25, 0.3) is 0 Å². The minimum Gasteiger partial charge on any atom is -0.339 e. The molecule has 2 N–H and O–H groups in total. The van der Waals surface area contributed by atoms with Crippen LogP contribution in [0.2, 0.25) is 0 Å². The zero-order chi connectivity index (χ0) is 17.4. The Morgan fingerprint density at radius 1 is 1.16 bits per heavy atom. The van der Waals surface area contributed by atoms with Crippen molar-refractivity contribution in [3.8, 4) is 0 Å². The summed E-state index contributed by atoms with van der Waals surface area (Å²) in [4.78, 5) is 9.72. The Morgan fingerprint density at radius 3 is 2.80 bits per heavy atom. The van der Waals surface area contributed by atoms with Crippen LogP contribution in [0.1, 0.15) is 22.9 Å². The minimum absolute atomic E-state index is 0.296. The summed E-state index contributed by atoms with van der Waals surface area (Å²) in [6.07, 6.45) is -1.65. The maximum atomic E-state index is 12.5. The third-order valence-electron chi connectivity index (χ3n) is 4.74. The highest BCUT2D eigenvalue weighted by Gasteiger charge is 2.33. The normalized spacial score (nSPS) is 20.7. The molecule has 0 spiro atoms. The fourth-order valence-corrected chi connectivity index (χ4v) is 3.50. The van der Waals surface area contributed by atoms with Gasteiger partial charge in [0.15, 0.2) is 5.69 Å². The molecule has 1 aromatic carbocycles. The zero-order valence-electron chi connectivity index (χ0n) is 13.5. The monoisotopic (exact) mass is 349 g/mol. The molecule has 3 heterocycles. The Hall–Kier alpha value is -2.19. The minimum atomic E-state index is -4.47. The Kier molecular flexibility index (Phi) is 4.09. The Balaban J connectivity index is 1.53. The van der Waals surface area contributed by atoms with E-state index in [0.717, 1.165) is 50.7 Å². The largest absolute Gasteiger partial charge is 0.434 e.